The molecule has 7 nitrogen and oxygen atoms in total. The molecule has 1 aliphatic heterocycles. The van der Waals surface area contributed by atoms with Crippen LogP contribution in [0.15, 0.2) is 24.4 Å². The number of hydrogen-bond acceptors (Lipinski definition) is 6. The summed E-state index contributed by atoms with van der Waals surface area (Å²) < 4.78 is 10.8. The molecule has 0 bridgehead atoms. The molecular formula is C23H31N3O4. The molecule has 0 atom stereocenters. The van der Waals surface area contributed by atoms with Gasteiger partial charge < -0.3 is 19.7 Å². The number of benzene rings is 1. The second-order valence-corrected chi connectivity index (χ2v) is 8.72. The van der Waals surface area contributed by atoms with Crippen LogP contribution in [0.2, 0.25) is 0 Å². The molecule has 1 saturated heterocycles. The van der Waals surface area contributed by atoms with Gasteiger partial charge >= 0.3 is 6.09 Å². The van der Waals surface area contributed by atoms with E-state index in [1.54, 1.807) is 18.2 Å². The molecule has 7 heteroatoms. The summed E-state index contributed by atoms with van der Waals surface area (Å²) in [5.74, 6) is 1.25. The SMILES string of the molecule is COc1ccc2ncc(C=O)c(NCCC3CCN(C(=O)OC(C)(C)C)CC3)c2c1. The lowest BCUT2D eigenvalue weighted by molar-refractivity contribution is 0.0182. The zero-order valence-electron chi connectivity index (χ0n) is 18.2. The second-order valence-electron chi connectivity index (χ2n) is 8.72. The van der Waals surface area contributed by atoms with E-state index in [1.165, 1.54) is 0 Å². The molecule has 1 fully saturated rings. The second kappa shape index (κ2) is 9.32. The van der Waals surface area contributed by atoms with Crippen molar-refractivity contribution < 1.29 is 19.1 Å². The van der Waals surface area contributed by atoms with E-state index in [2.05, 4.69) is 10.3 Å². The molecule has 2 aromatic rings. The van der Waals surface area contributed by atoms with Gasteiger partial charge in [-0.1, -0.05) is 0 Å². The number of pyridine rings is 1. The van der Waals surface area contributed by atoms with Crippen LogP contribution in [-0.2, 0) is 4.74 Å². The van der Waals surface area contributed by atoms with Crippen LogP contribution < -0.4 is 10.1 Å². The molecular weight excluding hydrogens is 382 g/mol. The third-order valence-electron chi connectivity index (χ3n) is 5.35. The number of ether oxygens (including phenoxy) is 2. The minimum absolute atomic E-state index is 0.230. The molecule has 1 aliphatic rings. The molecule has 30 heavy (non-hydrogen) atoms. The molecule has 1 N–H and O–H groups in total. The van der Waals surface area contributed by atoms with E-state index < -0.39 is 5.60 Å². The lowest BCUT2D eigenvalue weighted by atomic mass is 9.93. The number of nitrogens with one attached hydrogen (secondary N) is 1. The first kappa shape index (κ1) is 21.9. The standard InChI is InChI=1S/C23H31N3O4/c1-23(2,3)30-22(28)26-11-8-16(9-12-26)7-10-24-21-17(15-27)14-25-20-6-5-18(29-4)13-19(20)21/h5-6,13-16H,7-12H2,1-4H3,(H,24,25). The number of carbonyl (C=O) groups excluding carboxylic acids is 2. The quantitative estimate of drug-likeness (QED) is 0.702. The number of rotatable bonds is 6. The van der Waals surface area contributed by atoms with Gasteiger partial charge in [-0.15, -0.1) is 0 Å². The summed E-state index contributed by atoms with van der Waals surface area (Å²) in [6, 6.07) is 5.65. The highest BCUT2D eigenvalue weighted by Crippen LogP contribution is 2.29. The van der Waals surface area contributed by atoms with Gasteiger partial charge in [-0.3, -0.25) is 9.78 Å². The van der Waals surface area contributed by atoms with E-state index in [0.29, 0.717) is 24.6 Å². The molecule has 1 amide bonds. The van der Waals surface area contributed by atoms with E-state index >= 15 is 0 Å². The first-order valence-corrected chi connectivity index (χ1v) is 10.4. The van der Waals surface area contributed by atoms with Gasteiger partial charge in [0, 0.05) is 31.2 Å². The van der Waals surface area contributed by atoms with Crippen molar-refractivity contribution >= 4 is 29.0 Å². The summed E-state index contributed by atoms with van der Waals surface area (Å²) in [7, 11) is 1.62. The molecule has 162 valence electrons. The molecule has 1 aromatic heterocycles. The van der Waals surface area contributed by atoms with Crippen LogP contribution in [0.4, 0.5) is 10.5 Å². The van der Waals surface area contributed by atoms with Gasteiger partial charge in [0.25, 0.3) is 0 Å². The molecule has 1 aromatic carbocycles. The van der Waals surface area contributed by atoms with Crippen LogP contribution in [-0.4, -0.2) is 54.6 Å². The van der Waals surface area contributed by atoms with E-state index in [4.69, 9.17) is 9.47 Å². The maximum absolute atomic E-state index is 12.2. The largest absolute Gasteiger partial charge is 0.497 e. The Bertz CT molecular complexity index is 899. The van der Waals surface area contributed by atoms with E-state index in [0.717, 1.165) is 54.4 Å². The first-order valence-electron chi connectivity index (χ1n) is 10.4. The number of carbonyl (C=O) groups is 2. The monoisotopic (exact) mass is 413 g/mol. The lowest BCUT2D eigenvalue weighted by Gasteiger charge is -2.33. The smallest absolute Gasteiger partial charge is 0.410 e. The number of piperidine rings is 1. The van der Waals surface area contributed by atoms with Crippen molar-refractivity contribution in [2.75, 3.05) is 32.1 Å². The Morgan fingerprint density at radius 1 is 1.30 bits per heavy atom. The Labute approximate surface area is 177 Å². The summed E-state index contributed by atoms with van der Waals surface area (Å²) in [5.41, 5.74) is 1.68. The van der Waals surface area contributed by atoms with Crippen molar-refractivity contribution in [3.8, 4) is 5.75 Å². The van der Waals surface area contributed by atoms with Crippen molar-refractivity contribution in [2.24, 2.45) is 5.92 Å². The molecule has 0 radical (unpaired) electrons. The van der Waals surface area contributed by atoms with E-state index in [1.807, 2.05) is 39.0 Å². The maximum atomic E-state index is 12.2. The van der Waals surface area contributed by atoms with Crippen LogP contribution >= 0.6 is 0 Å². The average Bonchev–Trinajstić information content (AvgIpc) is 2.72. The highest BCUT2D eigenvalue weighted by molar-refractivity contribution is 6.00. The number of amides is 1. The Morgan fingerprint density at radius 3 is 2.67 bits per heavy atom. The summed E-state index contributed by atoms with van der Waals surface area (Å²) in [6.07, 6.45) is 5.07. The predicted molar refractivity (Wildman–Crippen MR) is 117 cm³/mol. The first-order chi connectivity index (χ1) is 14.3. The molecule has 0 unspecified atom stereocenters. The minimum atomic E-state index is -0.468. The zero-order valence-corrected chi connectivity index (χ0v) is 18.2. The number of hydrogen-bond donors (Lipinski definition) is 1. The minimum Gasteiger partial charge on any atom is -0.497 e. The van der Waals surface area contributed by atoms with Gasteiger partial charge in [-0.25, -0.2) is 4.79 Å². The number of fused-ring (bicyclic) bond motifs is 1. The highest BCUT2D eigenvalue weighted by atomic mass is 16.6. The fourth-order valence-corrected chi connectivity index (χ4v) is 3.73. The van der Waals surface area contributed by atoms with Gasteiger partial charge in [0.1, 0.15) is 11.4 Å². The normalized spacial score (nSPS) is 15.1. The Balaban J connectivity index is 1.58. The zero-order chi connectivity index (χ0) is 21.7. The summed E-state index contributed by atoms with van der Waals surface area (Å²) in [5, 5.41) is 4.31. The van der Waals surface area contributed by atoms with Crippen molar-refractivity contribution in [3.63, 3.8) is 0 Å². The number of methoxy groups -OCH3 is 1. The summed E-state index contributed by atoms with van der Waals surface area (Å²) in [6.45, 7) is 7.83. The fraction of sp³-hybridized carbons (Fsp3) is 0.522. The van der Waals surface area contributed by atoms with Gasteiger partial charge in [0.05, 0.1) is 23.9 Å². The molecule has 3 rings (SSSR count). The van der Waals surface area contributed by atoms with Crippen molar-refractivity contribution in [1.82, 2.24) is 9.88 Å². The topological polar surface area (TPSA) is 80.8 Å². The third kappa shape index (κ3) is 5.40. The average molecular weight is 414 g/mol. The Kier molecular flexibility index (Phi) is 6.80. The third-order valence-corrected chi connectivity index (χ3v) is 5.35. The molecule has 0 saturated carbocycles. The maximum Gasteiger partial charge on any atom is 0.410 e. The van der Waals surface area contributed by atoms with E-state index in [-0.39, 0.29) is 6.09 Å². The van der Waals surface area contributed by atoms with Gasteiger partial charge in [-0.2, -0.15) is 0 Å². The number of aromatic nitrogens is 1. The number of likely N-dealkylation sites (tertiary alicyclic amines) is 1. The number of aldehydes is 1. The van der Waals surface area contributed by atoms with Crippen LogP contribution in [0.3, 0.4) is 0 Å². The molecule has 0 spiro atoms. The number of nitrogens with zero attached hydrogens (tertiary/aromatic N) is 2. The summed E-state index contributed by atoms with van der Waals surface area (Å²) in [4.78, 5) is 29.9. The van der Waals surface area contributed by atoms with Gasteiger partial charge in [0.2, 0.25) is 0 Å². The van der Waals surface area contributed by atoms with Crippen LogP contribution in [0, 0.1) is 5.92 Å². The summed E-state index contributed by atoms with van der Waals surface area (Å²) >= 11 is 0. The van der Waals surface area contributed by atoms with Crippen molar-refractivity contribution in [2.45, 2.75) is 45.6 Å². The highest BCUT2D eigenvalue weighted by Gasteiger charge is 2.26. The predicted octanol–water partition coefficient (Wildman–Crippen LogP) is 4.51. The Morgan fingerprint density at radius 2 is 2.03 bits per heavy atom. The van der Waals surface area contributed by atoms with Crippen LogP contribution in [0.1, 0.15) is 50.4 Å². The van der Waals surface area contributed by atoms with Crippen molar-refractivity contribution in [1.29, 1.82) is 0 Å². The van der Waals surface area contributed by atoms with Crippen molar-refractivity contribution in [3.05, 3.63) is 30.0 Å². The lowest BCUT2D eigenvalue weighted by Crippen LogP contribution is -2.41. The molecule has 0 aliphatic carbocycles. The molecule has 2 heterocycles. The van der Waals surface area contributed by atoms with Crippen LogP contribution in [0.25, 0.3) is 10.9 Å². The van der Waals surface area contributed by atoms with E-state index in [9.17, 15) is 9.59 Å². The number of anilines is 1. The van der Waals surface area contributed by atoms with Gasteiger partial charge in [-0.05, 0) is 64.2 Å². The van der Waals surface area contributed by atoms with Crippen LogP contribution in [0.5, 0.6) is 5.75 Å². The fourth-order valence-electron chi connectivity index (χ4n) is 3.73. The van der Waals surface area contributed by atoms with Gasteiger partial charge in [0.15, 0.2) is 6.29 Å². The Hall–Kier alpha value is -2.83.